The quantitative estimate of drug-likeness (QED) is 0.0395. The maximum absolute atomic E-state index is 13.9. The fourth-order valence-corrected chi connectivity index (χ4v) is 12.2. The smallest absolute Gasteiger partial charge is 0.394 e. The van der Waals surface area contributed by atoms with E-state index in [1.807, 2.05) is 0 Å². The molecule has 0 radical (unpaired) electrons. The van der Waals surface area contributed by atoms with Crippen LogP contribution >= 0.6 is 23.5 Å². The van der Waals surface area contributed by atoms with Gasteiger partial charge in [0.1, 0.15) is 91.3 Å². The van der Waals surface area contributed by atoms with Gasteiger partial charge in [-0.15, -0.1) is 0 Å². The van der Waals surface area contributed by atoms with Crippen molar-refractivity contribution in [2.75, 3.05) is 37.9 Å². The number of hydrogen-bond donors (Lipinski definition) is 9. The first-order valence-electron chi connectivity index (χ1n) is 23.8. The Morgan fingerprint density at radius 3 is 1.37 bits per heavy atom. The molecule has 0 saturated carbocycles. The van der Waals surface area contributed by atoms with Gasteiger partial charge in [0.15, 0.2) is 22.9 Å². The van der Waals surface area contributed by atoms with E-state index in [9.17, 15) is 57.8 Å². The molecule has 4 fully saturated rings. The van der Waals surface area contributed by atoms with E-state index in [2.05, 4.69) is 39.9 Å². The van der Waals surface area contributed by atoms with Crippen molar-refractivity contribution in [1.82, 2.24) is 58.1 Å². The number of anilines is 2. The first kappa shape index (κ1) is 56.4. The van der Waals surface area contributed by atoms with Crippen LogP contribution in [-0.4, -0.2) is 158 Å². The molecule has 79 heavy (non-hydrogen) atoms. The zero-order valence-corrected chi connectivity index (χ0v) is 43.9. The topological polar surface area (TPSA) is 494 Å². The number of imidazole rings is 2. The van der Waals surface area contributed by atoms with Gasteiger partial charge in [0.05, 0.1) is 45.2 Å². The van der Waals surface area contributed by atoms with Crippen LogP contribution in [0.4, 0.5) is 11.6 Å². The van der Waals surface area contributed by atoms with E-state index < -0.39 is 153 Å². The molecule has 15 atom stereocenters. The number of aliphatic hydroxyl groups is 2. The van der Waals surface area contributed by atoms with Gasteiger partial charge in [0.25, 0.3) is 11.1 Å². The van der Waals surface area contributed by atoms with Gasteiger partial charge >= 0.3 is 34.8 Å². The van der Waals surface area contributed by atoms with E-state index in [1.54, 1.807) is 0 Å². The normalized spacial score (nSPS) is 29.6. The molecule has 0 amide bonds. The molecule has 0 bridgehead atoms. The van der Waals surface area contributed by atoms with Crippen LogP contribution in [0.1, 0.15) is 61.7 Å². The molecule has 0 spiro atoms. The van der Waals surface area contributed by atoms with Gasteiger partial charge in [-0.2, -0.15) is 0 Å². The van der Waals surface area contributed by atoms with Crippen LogP contribution in [0.15, 0.2) is 56.9 Å². The highest BCUT2D eigenvalue weighted by atomic mass is 31.2. The van der Waals surface area contributed by atoms with Crippen molar-refractivity contribution in [3.63, 3.8) is 0 Å². The number of aliphatic hydroxyl groups excluding tert-OH is 2. The monoisotopic (exact) mass is 1170 g/mol. The van der Waals surface area contributed by atoms with Crippen molar-refractivity contribution in [3.8, 4) is 0 Å². The van der Waals surface area contributed by atoms with Crippen molar-refractivity contribution in [2.24, 2.45) is 0 Å². The number of nitrogens with two attached hydrogens (primary N) is 2. The van der Waals surface area contributed by atoms with E-state index >= 15 is 0 Å². The molecular weight excluding hydrogens is 1120 g/mol. The van der Waals surface area contributed by atoms with Crippen molar-refractivity contribution >= 4 is 57.4 Å². The third-order valence-electron chi connectivity index (χ3n) is 13.2. The fraction of sp³-hybridized carbons (Fsp3) is 0.550. The van der Waals surface area contributed by atoms with Crippen LogP contribution in [0.25, 0.3) is 22.3 Å². The Labute approximate surface area is 441 Å². The third kappa shape index (κ3) is 12.1. The van der Waals surface area contributed by atoms with E-state index in [0.29, 0.717) is 5.65 Å². The summed E-state index contributed by atoms with van der Waals surface area (Å²) in [5, 5.41) is 20.9. The summed E-state index contributed by atoms with van der Waals surface area (Å²) in [6.07, 6.45) is -9.38. The Kier molecular flexibility index (Phi) is 15.9. The minimum Gasteiger partial charge on any atom is -0.394 e. The highest BCUT2D eigenvalue weighted by Crippen LogP contribution is 2.54. The summed E-state index contributed by atoms with van der Waals surface area (Å²) in [5.74, 6) is 0.123. The van der Waals surface area contributed by atoms with E-state index in [-0.39, 0.29) is 58.7 Å². The fourth-order valence-electron chi connectivity index (χ4n) is 9.32. The lowest BCUT2D eigenvalue weighted by molar-refractivity contribution is -0.0630. The molecule has 0 aliphatic carbocycles. The minimum absolute atomic E-state index is 0.00786. The van der Waals surface area contributed by atoms with Crippen LogP contribution in [0, 0.1) is 13.8 Å². The molecule has 6 aromatic rings. The standard InChI is InChI=1S/C40H51N14O22P3/c1-17-7-51(39(59)49-37(17)57)28-4-20(23(9-55)70-28)74-78(63,64)68-11-25-21(5-29(72-25)52-8-18(2)38(58)50-40(52)60)75-79(65,66)69-12-26-22(6-30(73-26)54-16-48-32-34(42)44-14-46-36(32)54)76-77(61,62)67-10-24-19(56)3-27(71-24)53-15-47-31-33(41)43-13-45-35(31)53/h7-8,13-16,19-30,55-56H,3-6,9-12H2,1-2H3,(H,61,62)(H,63,64)(H,65,66)(H2,41,43,45)(H2,42,44,46)(H,49,57,59)(H,50,58,60)/t19-,20-,21-,22-,23+,24+,25+,26+,27+,28+,29+,30+/m0/s1. The highest BCUT2D eigenvalue weighted by Gasteiger charge is 2.48. The Hall–Kier alpha value is -5.85. The van der Waals surface area contributed by atoms with Crippen LogP contribution in [0.5, 0.6) is 0 Å². The molecular formula is C40H51N14O22P3. The first-order valence-corrected chi connectivity index (χ1v) is 28.3. The number of aromatic nitrogens is 12. The summed E-state index contributed by atoms with van der Waals surface area (Å²) in [4.78, 5) is 112. The minimum atomic E-state index is -5.37. The molecule has 11 N–H and O–H groups in total. The lowest BCUT2D eigenvalue weighted by Crippen LogP contribution is -2.33. The predicted molar refractivity (Wildman–Crippen MR) is 261 cm³/mol. The van der Waals surface area contributed by atoms with Gasteiger partial charge in [0.2, 0.25) is 0 Å². The van der Waals surface area contributed by atoms with Gasteiger partial charge in [-0.3, -0.25) is 65.0 Å². The molecule has 0 aromatic carbocycles. The molecule has 39 heteroatoms. The second-order valence-electron chi connectivity index (χ2n) is 18.6. The average Bonchev–Trinajstić information content (AvgIpc) is 4.44. The number of nitrogen functional groups attached to an aromatic ring is 2. The third-order valence-corrected chi connectivity index (χ3v) is 16.3. The van der Waals surface area contributed by atoms with Crippen molar-refractivity contribution in [1.29, 1.82) is 0 Å². The summed E-state index contributed by atoms with van der Waals surface area (Å²) >= 11 is 0. The van der Waals surface area contributed by atoms with Gasteiger partial charge in [-0.05, 0) is 13.8 Å². The number of aryl methyl sites for hydroxylation is 2. The van der Waals surface area contributed by atoms with Crippen LogP contribution in [0.2, 0.25) is 0 Å². The number of nitrogens with one attached hydrogen (secondary N) is 2. The number of ether oxygens (including phenoxy) is 4. The zero-order chi connectivity index (χ0) is 56.3. The van der Waals surface area contributed by atoms with E-state index in [1.165, 1.54) is 48.2 Å². The summed E-state index contributed by atoms with van der Waals surface area (Å²) in [6.45, 7) is -0.466. The Morgan fingerprint density at radius 2 is 0.937 bits per heavy atom. The summed E-state index contributed by atoms with van der Waals surface area (Å²) in [7, 11) is -15.7. The second-order valence-corrected chi connectivity index (χ2v) is 22.8. The maximum Gasteiger partial charge on any atom is 0.472 e. The summed E-state index contributed by atoms with van der Waals surface area (Å²) < 4.78 is 102. The average molecular weight is 1170 g/mol. The van der Waals surface area contributed by atoms with Crippen LogP contribution < -0.4 is 34.0 Å². The first-order chi connectivity index (χ1) is 37.4. The number of aromatic amines is 2. The molecule has 4 saturated heterocycles. The number of H-pyrrole nitrogens is 2. The van der Waals surface area contributed by atoms with Crippen LogP contribution in [0.3, 0.4) is 0 Å². The number of nitrogens with zero attached hydrogens (tertiary/aromatic N) is 10. The number of hydrogen-bond acceptors (Lipinski definition) is 27. The Bertz CT molecular complexity index is 3650. The lowest BCUT2D eigenvalue weighted by atomic mass is 10.2. The highest BCUT2D eigenvalue weighted by molar-refractivity contribution is 7.48. The van der Waals surface area contributed by atoms with Gasteiger partial charge in [-0.1, -0.05) is 0 Å². The van der Waals surface area contributed by atoms with E-state index in [0.717, 1.165) is 21.7 Å². The summed E-state index contributed by atoms with van der Waals surface area (Å²) in [5.41, 5.74) is 9.82. The predicted octanol–water partition coefficient (Wildman–Crippen LogP) is -1.44. The van der Waals surface area contributed by atoms with Gasteiger partial charge in [0, 0.05) is 49.2 Å². The molecule has 4 aliphatic heterocycles. The summed E-state index contributed by atoms with van der Waals surface area (Å²) in [6, 6.07) is 0. The molecule has 36 nitrogen and oxygen atoms in total. The number of phosphoric acid groups is 3. The largest absolute Gasteiger partial charge is 0.472 e. The molecule has 10 rings (SSSR count). The van der Waals surface area contributed by atoms with Crippen molar-refractivity contribution in [3.05, 3.63) is 90.5 Å². The SMILES string of the molecule is Cc1cn([C@H]2C[C@H](OP(=O)(O)OC[C@H]3O[C@@H](n4cc(C)c(=O)[nH]c4=O)C[C@@H]3OP(=O)(O)OC[C@H]3O[C@@H](n4cnc5c(N)ncnc54)C[C@@H]3OP(=O)(O)OC[C@H]3O[C@@H](n4cnc5c(N)ncnc54)C[C@@H]3O)[C@@H](CO)O2)c(=O)[nH]c1=O. The van der Waals surface area contributed by atoms with Crippen LogP contribution in [-0.2, 0) is 59.8 Å². The molecule has 6 aromatic heterocycles. The number of rotatable bonds is 20. The van der Waals surface area contributed by atoms with Crippen molar-refractivity contribution < 1.29 is 84.7 Å². The second kappa shape index (κ2) is 22.2. The Balaban J connectivity index is 0.829. The Morgan fingerprint density at radius 1 is 0.570 bits per heavy atom. The van der Waals surface area contributed by atoms with E-state index in [4.69, 9.17) is 57.6 Å². The molecule has 4 aliphatic rings. The molecule has 3 unspecified atom stereocenters. The van der Waals surface area contributed by atoms with Gasteiger partial charge in [-0.25, -0.2) is 53.2 Å². The van der Waals surface area contributed by atoms with Gasteiger partial charge < -0.3 is 55.3 Å². The maximum atomic E-state index is 13.9. The number of phosphoric ester groups is 3. The molecule has 10 heterocycles. The lowest BCUT2D eigenvalue weighted by Gasteiger charge is -2.25. The number of fused-ring (bicyclic) bond motifs is 2. The molecule has 428 valence electrons. The van der Waals surface area contributed by atoms with Crippen molar-refractivity contribution in [2.45, 2.75) is 113 Å². The zero-order valence-electron chi connectivity index (χ0n) is 41.2.